The molecule has 3 rings (SSSR count). The Kier molecular flexibility index (Phi) is 16.3. The number of hydrogen-bond acceptors (Lipinski definition) is 9. The number of carbonyl (C=O) groups excluding carboxylic acids is 1. The van der Waals surface area contributed by atoms with Gasteiger partial charge in [-0.1, -0.05) is 80.2 Å². The first-order valence-electron chi connectivity index (χ1n) is 20.4. The topological polar surface area (TPSA) is 107 Å². The van der Waals surface area contributed by atoms with Crippen molar-refractivity contribution in [2.45, 2.75) is 179 Å². The van der Waals surface area contributed by atoms with E-state index in [1.54, 1.807) is 31.4 Å². The van der Waals surface area contributed by atoms with E-state index in [-0.39, 0.29) is 50.9 Å². The first-order chi connectivity index (χ1) is 25.2. The van der Waals surface area contributed by atoms with Crippen LogP contribution < -0.4 is 0 Å². The van der Waals surface area contributed by atoms with Crippen molar-refractivity contribution in [1.29, 1.82) is 0 Å². The Morgan fingerprint density at radius 2 is 1.55 bits per heavy atom. The summed E-state index contributed by atoms with van der Waals surface area (Å²) in [4.78, 5) is 13.3. The van der Waals surface area contributed by atoms with Gasteiger partial charge in [-0.05, 0) is 93.0 Å². The first kappa shape index (κ1) is 48.0. The van der Waals surface area contributed by atoms with Gasteiger partial charge < -0.3 is 27.8 Å². The van der Waals surface area contributed by atoms with Crippen LogP contribution in [0.25, 0.3) is 0 Å². The molecule has 2 heterocycles. The van der Waals surface area contributed by atoms with Gasteiger partial charge >= 0.3 is 5.97 Å². The molecule has 0 saturated carbocycles. The number of carbonyl (C=O) groups is 1. The number of sulfone groups is 1. The first-order valence-corrected chi connectivity index (χ1v) is 27.9. The van der Waals surface area contributed by atoms with E-state index in [1.165, 1.54) is 0 Å². The van der Waals surface area contributed by atoms with Crippen LogP contribution >= 0.6 is 0 Å². The van der Waals surface area contributed by atoms with Gasteiger partial charge in [0, 0.05) is 25.9 Å². The minimum atomic E-state index is -3.70. The van der Waals surface area contributed by atoms with Crippen LogP contribution in [0.2, 0.25) is 36.3 Å². The van der Waals surface area contributed by atoms with Crippen LogP contribution in [-0.4, -0.2) is 93.7 Å². The van der Waals surface area contributed by atoms with Crippen LogP contribution in [0, 0.1) is 17.3 Å². The van der Waals surface area contributed by atoms with Crippen molar-refractivity contribution < 1.29 is 41.0 Å². The van der Waals surface area contributed by atoms with E-state index in [9.17, 15) is 13.2 Å². The van der Waals surface area contributed by atoms with Crippen molar-refractivity contribution in [1.82, 2.24) is 0 Å². The van der Waals surface area contributed by atoms with Crippen molar-refractivity contribution >= 4 is 32.4 Å². The van der Waals surface area contributed by atoms with Gasteiger partial charge in [-0.2, -0.15) is 0 Å². The van der Waals surface area contributed by atoms with Gasteiger partial charge in [0.25, 0.3) is 0 Å². The highest BCUT2D eigenvalue weighted by atomic mass is 32.2. The van der Waals surface area contributed by atoms with Gasteiger partial charge in [-0.25, -0.2) is 8.42 Å². The Morgan fingerprint density at radius 1 is 0.945 bits per heavy atom. The molecule has 2 saturated heterocycles. The Hall–Kier alpha value is -1.39. The van der Waals surface area contributed by atoms with E-state index < -0.39 is 56.1 Å². The minimum Gasteiger partial charge on any atom is -0.465 e. The number of ether oxygens (including phenoxy) is 4. The van der Waals surface area contributed by atoms with Crippen LogP contribution in [0.15, 0.2) is 47.4 Å². The molecular formula is C43H76O9SSi2. The lowest BCUT2D eigenvalue weighted by Gasteiger charge is -2.42. The summed E-state index contributed by atoms with van der Waals surface area (Å²) >= 11 is 0. The number of rotatable bonds is 18. The molecule has 12 heteroatoms. The summed E-state index contributed by atoms with van der Waals surface area (Å²) in [6, 6.07) is 8.60. The maximum atomic E-state index is 14.0. The van der Waals surface area contributed by atoms with Crippen LogP contribution in [0.3, 0.4) is 0 Å². The fourth-order valence-corrected chi connectivity index (χ4v) is 11.2. The zero-order chi connectivity index (χ0) is 41.8. The summed E-state index contributed by atoms with van der Waals surface area (Å²) in [5, 5.41) is -0.000670. The van der Waals surface area contributed by atoms with Gasteiger partial charge in [0.15, 0.2) is 26.5 Å². The van der Waals surface area contributed by atoms with Crippen LogP contribution in [-0.2, 0) is 42.4 Å². The molecule has 55 heavy (non-hydrogen) atoms. The molecule has 0 unspecified atom stereocenters. The largest absolute Gasteiger partial charge is 0.465 e. The van der Waals surface area contributed by atoms with Crippen molar-refractivity contribution in [3.05, 3.63) is 42.5 Å². The van der Waals surface area contributed by atoms with E-state index in [0.29, 0.717) is 32.5 Å². The molecule has 0 bridgehead atoms. The molecular weight excluding hydrogens is 749 g/mol. The summed E-state index contributed by atoms with van der Waals surface area (Å²) in [5.41, 5.74) is 0.229. The van der Waals surface area contributed by atoms with E-state index in [2.05, 4.69) is 81.2 Å². The predicted octanol–water partition coefficient (Wildman–Crippen LogP) is 9.77. The SMILES string of the molecule is C=C1[C@H](C)C[C@@H](CC(C)(C)C(=O)OCCC)O[C@@H]1C[C@@H]1O[C@H](C[C@@H](CO[Si](C)(C)C(C)(C)C)O[Si](C)(C)C(C)(C)C)[C@H](OC)[C@H]1CS(=O)(=O)c1ccccc1. The Bertz CT molecular complexity index is 1510. The number of hydrogen-bond donors (Lipinski definition) is 0. The lowest BCUT2D eigenvalue weighted by molar-refractivity contribution is -0.158. The average Bonchev–Trinajstić information content (AvgIpc) is 3.37. The number of benzene rings is 1. The lowest BCUT2D eigenvalue weighted by atomic mass is 9.79. The molecule has 9 nitrogen and oxygen atoms in total. The highest BCUT2D eigenvalue weighted by Gasteiger charge is 2.51. The van der Waals surface area contributed by atoms with Crippen molar-refractivity contribution in [2.75, 3.05) is 26.1 Å². The van der Waals surface area contributed by atoms with Gasteiger partial charge in [-0.3, -0.25) is 4.79 Å². The molecule has 0 spiro atoms. The lowest BCUT2D eigenvalue weighted by Crippen LogP contribution is -2.49. The van der Waals surface area contributed by atoms with Gasteiger partial charge in [0.2, 0.25) is 0 Å². The zero-order valence-electron chi connectivity index (χ0n) is 37.0. The minimum absolute atomic E-state index is 0.0257. The second kappa shape index (κ2) is 18.7. The van der Waals surface area contributed by atoms with E-state index in [0.717, 1.165) is 18.4 Å². The zero-order valence-corrected chi connectivity index (χ0v) is 39.8. The third kappa shape index (κ3) is 12.6. The molecule has 0 aliphatic carbocycles. The second-order valence-corrected chi connectivity index (χ2v) is 31.5. The quantitative estimate of drug-likeness (QED) is 0.0813. The summed E-state index contributed by atoms with van der Waals surface area (Å²) < 4.78 is 67.5. The molecule has 0 radical (unpaired) electrons. The predicted molar refractivity (Wildman–Crippen MR) is 227 cm³/mol. The molecule has 2 aliphatic rings. The third-order valence-electron chi connectivity index (χ3n) is 12.8. The van der Waals surface area contributed by atoms with Gasteiger partial charge in [0.1, 0.15) is 0 Å². The summed E-state index contributed by atoms with van der Waals surface area (Å²) in [6.07, 6.45) is 0.595. The number of methoxy groups -OCH3 is 1. The maximum absolute atomic E-state index is 14.0. The standard InChI is InChI=1S/C43H76O9SSi2/c1-17-23-48-40(44)43(10,11)27-32-24-30(2)31(3)36(50-32)26-37-35(29-53(45,46)34-21-19-18-20-22-34)39(47-12)38(51-37)25-33(52-55(15,16)42(7,8)9)28-49-54(13,14)41(4,5)6/h18-22,30,32-33,35-39H,3,17,23-29H2,1-2,4-16H3/t30-,32+,33+,35+,36-,37+,38-,39-/m1/s1. The number of esters is 1. The molecule has 2 aliphatic heterocycles. The molecule has 8 atom stereocenters. The Morgan fingerprint density at radius 3 is 2.09 bits per heavy atom. The average molecular weight is 825 g/mol. The van der Waals surface area contributed by atoms with E-state index in [4.69, 9.17) is 27.8 Å². The molecule has 2 fully saturated rings. The summed E-state index contributed by atoms with van der Waals surface area (Å²) in [7, 11) is -6.42. The van der Waals surface area contributed by atoms with Gasteiger partial charge in [-0.15, -0.1) is 0 Å². The summed E-state index contributed by atoms with van der Waals surface area (Å²) in [5.74, 6) is -0.709. The van der Waals surface area contributed by atoms with Crippen molar-refractivity contribution in [2.24, 2.45) is 17.3 Å². The molecule has 0 amide bonds. The highest BCUT2D eigenvalue weighted by molar-refractivity contribution is 7.91. The van der Waals surface area contributed by atoms with Crippen molar-refractivity contribution in [3.8, 4) is 0 Å². The molecule has 0 N–H and O–H groups in total. The maximum Gasteiger partial charge on any atom is 0.311 e. The second-order valence-electron chi connectivity index (χ2n) is 19.9. The Labute approximate surface area is 337 Å². The fourth-order valence-electron chi connectivity index (χ4n) is 7.17. The highest BCUT2D eigenvalue weighted by Crippen LogP contribution is 2.44. The van der Waals surface area contributed by atoms with E-state index >= 15 is 0 Å². The normalized spacial score (nSPS) is 26.6. The monoisotopic (exact) mass is 824 g/mol. The molecule has 0 aromatic heterocycles. The van der Waals surface area contributed by atoms with Crippen LogP contribution in [0.5, 0.6) is 0 Å². The molecule has 1 aromatic rings. The smallest absolute Gasteiger partial charge is 0.311 e. The van der Waals surface area contributed by atoms with E-state index in [1.807, 2.05) is 26.8 Å². The summed E-state index contributed by atoms with van der Waals surface area (Å²) in [6.45, 7) is 35.6. The molecule has 1 aromatic carbocycles. The third-order valence-corrected chi connectivity index (χ3v) is 23.6. The van der Waals surface area contributed by atoms with Gasteiger partial charge in [0.05, 0.1) is 65.9 Å². The van der Waals surface area contributed by atoms with Crippen LogP contribution in [0.1, 0.15) is 101 Å². The van der Waals surface area contributed by atoms with Crippen molar-refractivity contribution in [3.63, 3.8) is 0 Å². The molecule has 316 valence electrons. The fraction of sp³-hybridized carbons (Fsp3) is 0.791. The Balaban J connectivity index is 1.99. The van der Waals surface area contributed by atoms with Crippen LogP contribution in [0.4, 0.5) is 0 Å².